The van der Waals surface area contributed by atoms with Gasteiger partial charge in [-0.3, -0.25) is 9.48 Å². The second-order valence-electron chi connectivity index (χ2n) is 4.70. The van der Waals surface area contributed by atoms with Gasteiger partial charge in [0.15, 0.2) is 0 Å². The normalized spacial score (nSPS) is 11.7. The van der Waals surface area contributed by atoms with Crippen LogP contribution in [0, 0.1) is 18.3 Å². The molecule has 20 heavy (non-hydrogen) atoms. The van der Waals surface area contributed by atoms with E-state index in [9.17, 15) is 4.79 Å². The molecule has 0 aliphatic carbocycles. The highest BCUT2D eigenvalue weighted by atomic mass is 16.1. The largest absolute Gasteiger partial charge is 0.345 e. The minimum Gasteiger partial charge on any atom is -0.345 e. The molecule has 0 spiro atoms. The van der Waals surface area contributed by atoms with Gasteiger partial charge in [0, 0.05) is 23.9 Å². The maximum absolute atomic E-state index is 12.2. The van der Waals surface area contributed by atoms with Gasteiger partial charge in [0.25, 0.3) is 5.91 Å². The molecule has 1 atom stereocenters. The number of aryl methyl sites for hydroxylation is 1. The van der Waals surface area contributed by atoms with Crippen LogP contribution in [0.25, 0.3) is 0 Å². The molecule has 0 unspecified atom stereocenters. The van der Waals surface area contributed by atoms with Crippen molar-refractivity contribution in [3.63, 3.8) is 0 Å². The van der Waals surface area contributed by atoms with Crippen LogP contribution in [0.4, 0.5) is 0 Å². The summed E-state index contributed by atoms with van der Waals surface area (Å²) < 4.78 is 1.77. The van der Waals surface area contributed by atoms with E-state index in [1.54, 1.807) is 35.1 Å². The Balaban J connectivity index is 2.15. The van der Waals surface area contributed by atoms with E-state index in [-0.39, 0.29) is 11.9 Å². The van der Waals surface area contributed by atoms with E-state index < -0.39 is 0 Å². The lowest BCUT2D eigenvalue weighted by atomic mass is 10.1. The van der Waals surface area contributed by atoms with Gasteiger partial charge < -0.3 is 5.32 Å². The van der Waals surface area contributed by atoms with E-state index >= 15 is 0 Å². The van der Waals surface area contributed by atoms with E-state index in [2.05, 4.69) is 10.4 Å². The lowest BCUT2D eigenvalue weighted by Gasteiger charge is -2.13. The third-order valence-corrected chi connectivity index (χ3v) is 3.34. The van der Waals surface area contributed by atoms with Crippen LogP contribution in [0.2, 0.25) is 0 Å². The number of nitrogens with zero attached hydrogens (tertiary/aromatic N) is 3. The summed E-state index contributed by atoms with van der Waals surface area (Å²) in [5.74, 6) is -0.196. The predicted octanol–water partition coefficient (Wildman–Crippen LogP) is 2.09. The summed E-state index contributed by atoms with van der Waals surface area (Å²) in [6, 6.07) is 8.54. The number of carbonyl (C=O) groups is 1. The average molecular weight is 268 g/mol. The SMILES string of the molecule is Cc1c([C@@H](C)NC(=O)c2cccc(C#N)c2)cnn1C. The molecule has 0 radical (unpaired) electrons. The van der Waals surface area contributed by atoms with E-state index in [1.807, 2.05) is 27.0 Å². The molecule has 0 fully saturated rings. The van der Waals surface area contributed by atoms with Crippen LogP contribution in [-0.4, -0.2) is 15.7 Å². The molecule has 0 saturated heterocycles. The van der Waals surface area contributed by atoms with Crippen LogP contribution in [0.1, 0.15) is 40.1 Å². The van der Waals surface area contributed by atoms with Crippen molar-refractivity contribution < 1.29 is 4.79 Å². The van der Waals surface area contributed by atoms with Gasteiger partial charge in [0.2, 0.25) is 0 Å². The molecule has 0 aliphatic heterocycles. The van der Waals surface area contributed by atoms with Gasteiger partial charge >= 0.3 is 0 Å². The molecule has 1 aromatic carbocycles. The molecule has 1 amide bonds. The van der Waals surface area contributed by atoms with Gasteiger partial charge in [-0.15, -0.1) is 0 Å². The summed E-state index contributed by atoms with van der Waals surface area (Å²) in [7, 11) is 1.86. The number of aromatic nitrogens is 2. The predicted molar refractivity (Wildman–Crippen MR) is 75.0 cm³/mol. The van der Waals surface area contributed by atoms with Gasteiger partial charge in [0.1, 0.15) is 0 Å². The maximum Gasteiger partial charge on any atom is 0.251 e. The van der Waals surface area contributed by atoms with Crippen molar-refractivity contribution in [2.24, 2.45) is 7.05 Å². The highest BCUT2D eigenvalue weighted by Crippen LogP contribution is 2.16. The summed E-state index contributed by atoms with van der Waals surface area (Å²) in [4.78, 5) is 12.2. The number of nitrogens with one attached hydrogen (secondary N) is 1. The van der Waals surface area contributed by atoms with Crippen LogP contribution < -0.4 is 5.32 Å². The van der Waals surface area contributed by atoms with Gasteiger partial charge in [0.05, 0.1) is 23.9 Å². The number of hydrogen-bond donors (Lipinski definition) is 1. The number of benzene rings is 1. The van der Waals surface area contributed by atoms with Crippen molar-refractivity contribution in [3.05, 3.63) is 52.8 Å². The zero-order valence-corrected chi connectivity index (χ0v) is 11.7. The first-order valence-corrected chi connectivity index (χ1v) is 6.32. The van der Waals surface area contributed by atoms with Gasteiger partial charge in [-0.25, -0.2) is 0 Å². The summed E-state index contributed by atoms with van der Waals surface area (Å²) in [6.45, 7) is 3.87. The Morgan fingerprint density at radius 2 is 2.25 bits per heavy atom. The lowest BCUT2D eigenvalue weighted by Crippen LogP contribution is -2.27. The molecular formula is C15H16N4O. The topological polar surface area (TPSA) is 70.7 Å². The first-order valence-electron chi connectivity index (χ1n) is 6.32. The smallest absolute Gasteiger partial charge is 0.251 e. The van der Waals surface area contributed by atoms with Crippen LogP contribution in [0.15, 0.2) is 30.5 Å². The van der Waals surface area contributed by atoms with Crippen molar-refractivity contribution in [1.29, 1.82) is 5.26 Å². The Hall–Kier alpha value is -2.61. The fraction of sp³-hybridized carbons (Fsp3) is 0.267. The second kappa shape index (κ2) is 5.57. The number of carbonyl (C=O) groups excluding carboxylic acids is 1. The molecule has 1 aromatic heterocycles. The lowest BCUT2D eigenvalue weighted by molar-refractivity contribution is 0.0940. The standard InChI is InChI=1S/C15H16N4O/c1-10(14-9-17-19(3)11(14)2)18-15(20)13-6-4-5-12(7-13)8-16/h4-7,9-10H,1-3H3,(H,18,20)/t10-/m1/s1. The zero-order chi connectivity index (χ0) is 14.7. The molecule has 1 N–H and O–H groups in total. The van der Waals surface area contributed by atoms with Crippen LogP contribution in [0.5, 0.6) is 0 Å². The average Bonchev–Trinajstić information content (AvgIpc) is 2.79. The van der Waals surface area contributed by atoms with E-state index in [0.717, 1.165) is 11.3 Å². The molecule has 5 nitrogen and oxygen atoms in total. The molecule has 2 rings (SSSR count). The van der Waals surface area contributed by atoms with Crippen LogP contribution in [0.3, 0.4) is 0 Å². The Bertz CT molecular complexity index is 681. The summed E-state index contributed by atoms with van der Waals surface area (Å²) in [6.07, 6.45) is 1.76. The fourth-order valence-electron chi connectivity index (χ4n) is 2.03. The fourth-order valence-corrected chi connectivity index (χ4v) is 2.03. The summed E-state index contributed by atoms with van der Waals surface area (Å²) in [5, 5.41) is 15.9. The first kappa shape index (κ1) is 13.8. The Morgan fingerprint density at radius 1 is 1.50 bits per heavy atom. The van der Waals surface area contributed by atoms with Crippen LogP contribution in [-0.2, 0) is 7.05 Å². The summed E-state index contributed by atoms with van der Waals surface area (Å²) >= 11 is 0. The summed E-state index contributed by atoms with van der Waals surface area (Å²) in [5.41, 5.74) is 2.96. The van der Waals surface area contributed by atoms with E-state index in [4.69, 9.17) is 5.26 Å². The van der Waals surface area contributed by atoms with Crippen molar-refractivity contribution >= 4 is 5.91 Å². The van der Waals surface area contributed by atoms with E-state index in [1.165, 1.54) is 0 Å². The van der Waals surface area contributed by atoms with Gasteiger partial charge in [-0.2, -0.15) is 10.4 Å². The van der Waals surface area contributed by atoms with Crippen molar-refractivity contribution in [3.8, 4) is 6.07 Å². The molecular weight excluding hydrogens is 252 g/mol. The molecule has 1 heterocycles. The number of rotatable bonds is 3. The quantitative estimate of drug-likeness (QED) is 0.926. The van der Waals surface area contributed by atoms with E-state index in [0.29, 0.717) is 11.1 Å². The first-order chi connectivity index (χ1) is 9.52. The number of amides is 1. The molecule has 2 aromatic rings. The molecule has 0 bridgehead atoms. The Kier molecular flexibility index (Phi) is 3.85. The van der Waals surface area contributed by atoms with Crippen molar-refractivity contribution in [2.45, 2.75) is 19.9 Å². The van der Waals surface area contributed by atoms with Crippen molar-refractivity contribution in [1.82, 2.24) is 15.1 Å². The monoisotopic (exact) mass is 268 g/mol. The Labute approximate surface area is 117 Å². The van der Waals surface area contributed by atoms with Crippen LogP contribution >= 0.6 is 0 Å². The molecule has 0 aliphatic rings. The minimum atomic E-state index is -0.196. The number of nitriles is 1. The molecule has 5 heteroatoms. The second-order valence-corrected chi connectivity index (χ2v) is 4.70. The van der Waals surface area contributed by atoms with Gasteiger partial charge in [-0.05, 0) is 32.0 Å². The molecule has 102 valence electrons. The number of hydrogen-bond acceptors (Lipinski definition) is 3. The highest BCUT2D eigenvalue weighted by Gasteiger charge is 2.15. The molecule has 0 saturated carbocycles. The maximum atomic E-state index is 12.2. The third kappa shape index (κ3) is 2.69. The highest BCUT2D eigenvalue weighted by molar-refractivity contribution is 5.94. The Morgan fingerprint density at radius 3 is 2.85 bits per heavy atom. The minimum absolute atomic E-state index is 0.137. The zero-order valence-electron chi connectivity index (χ0n) is 11.7. The third-order valence-electron chi connectivity index (χ3n) is 3.34. The van der Waals surface area contributed by atoms with Gasteiger partial charge in [-0.1, -0.05) is 6.07 Å². The van der Waals surface area contributed by atoms with Crippen molar-refractivity contribution in [2.75, 3.05) is 0 Å².